The zero-order valence-electron chi connectivity index (χ0n) is 5.85. The third-order valence-corrected chi connectivity index (χ3v) is 0.644. The molecule has 0 saturated heterocycles. The van der Waals surface area contributed by atoms with Crippen LogP contribution in [0.15, 0.2) is 0 Å². The topological polar surface area (TPSA) is 43.1 Å². The van der Waals surface area contributed by atoms with Gasteiger partial charge in [-0.25, -0.2) is 0 Å². The third-order valence-electron chi connectivity index (χ3n) is 0.644. The fraction of sp³-hybridized carbons (Fsp3) is 0.833. The van der Waals surface area contributed by atoms with Crippen LogP contribution in [0.25, 0.3) is 0 Å². The van der Waals surface area contributed by atoms with Crippen molar-refractivity contribution in [3.8, 4) is 0 Å². The predicted octanol–water partition coefficient (Wildman–Crippen LogP) is 0.949. The van der Waals surface area contributed by atoms with Gasteiger partial charge in [0.05, 0.1) is 0 Å². The van der Waals surface area contributed by atoms with Crippen LogP contribution in [0.4, 0.5) is 0 Å². The molecule has 1 unspecified atom stereocenters. The summed E-state index contributed by atoms with van der Waals surface area (Å²) in [6.07, 6.45) is 1.83. The van der Waals surface area contributed by atoms with Crippen molar-refractivity contribution < 1.29 is 4.79 Å². The van der Waals surface area contributed by atoms with Gasteiger partial charge in [0.2, 0.25) is 0 Å². The number of aldehydes is 1. The van der Waals surface area contributed by atoms with Gasteiger partial charge >= 0.3 is 0 Å². The van der Waals surface area contributed by atoms with Gasteiger partial charge in [-0.15, -0.1) is 0 Å². The van der Waals surface area contributed by atoms with Crippen LogP contribution in [0, 0.1) is 0 Å². The Kier molecular flexibility index (Phi) is 13.0. The number of carbonyl (C=O) groups is 1. The van der Waals surface area contributed by atoms with Crippen molar-refractivity contribution in [1.82, 2.24) is 0 Å². The van der Waals surface area contributed by atoms with E-state index in [0.29, 0.717) is 6.04 Å². The summed E-state index contributed by atoms with van der Waals surface area (Å²) in [6.45, 7) is 5.52. The lowest BCUT2D eigenvalue weighted by atomic mass is 10.3. The maximum absolute atomic E-state index is 8.81. The first-order chi connectivity index (χ1) is 3.68. The molecule has 0 bridgehead atoms. The molecule has 0 fully saturated rings. The van der Waals surface area contributed by atoms with Crippen molar-refractivity contribution in [1.29, 1.82) is 0 Å². The largest absolute Gasteiger partial charge is 0.328 e. The highest BCUT2D eigenvalue weighted by molar-refractivity contribution is 5.44. The Labute approximate surface area is 51.1 Å². The van der Waals surface area contributed by atoms with Crippen LogP contribution in [0.2, 0.25) is 0 Å². The van der Waals surface area contributed by atoms with Crippen LogP contribution in [0.5, 0.6) is 0 Å². The number of hydrogen-bond donors (Lipinski definition) is 1. The number of carbonyl (C=O) groups excluding carboxylic acids is 1. The summed E-state index contributed by atoms with van der Waals surface area (Å²) in [4.78, 5) is 8.81. The van der Waals surface area contributed by atoms with E-state index < -0.39 is 0 Å². The highest BCUT2D eigenvalue weighted by atomic mass is 16.1. The molecule has 0 aliphatic heterocycles. The van der Waals surface area contributed by atoms with Crippen molar-refractivity contribution in [2.45, 2.75) is 33.2 Å². The zero-order chi connectivity index (χ0) is 6.99. The molecule has 2 N–H and O–H groups in total. The monoisotopic (exact) mass is 117 g/mol. The minimum atomic E-state index is 0.384. The molecule has 0 aromatic heterocycles. The van der Waals surface area contributed by atoms with Gasteiger partial charge in [0.15, 0.2) is 0 Å². The second-order valence-corrected chi connectivity index (χ2v) is 1.62. The number of nitrogens with two attached hydrogens (primary N) is 1. The SMILES string of the molecule is CC=O.CCC(C)N. The van der Waals surface area contributed by atoms with E-state index in [1.165, 1.54) is 6.92 Å². The van der Waals surface area contributed by atoms with Crippen LogP contribution in [-0.2, 0) is 4.79 Å². The molecule has 0 aromatic rings. The van der Waals surface area contributed by atoms with Gasteiger partial charge in [-0.05, 0) is 20.3 Å². The second kappa shape index (κ2) is 9.80. The van der Waals surface area contributed by atoms with Crippen molar-refractivity contribution in [3.63, 3.8) is 0 Å². The van der Waals surface area contributed by atoms with E-state index in [1.54, 1.807) is 0 Å². The minimum absolute atomic E-state index is 0.384. The maximum atomic E-state index is 8.81. The summed E-state index contributed by atoms with van der Waals surface area (Å²) < 4.78 is 0. The van der Waals surface area contributed by atoms with Gasteiger partial charge in [-0.3, -0.25) is 0 Å². The van der Waals surface area contributed by atoms with E-state index in [4.69, 9.17) is 10.5 Å². The Morgan fingerprint density at radius 2 is 1.88 bits per heavy atom. The smallest absolute Gasteiger partial charge is 0.116 e. The highest BCUT2D eigenvalue weighted by Gasteiger charge is 1.79. The highest BCUT2D eigenvalue weighted by Crippen LogP contribution is 1.77. The van der Waals surface area contributed by atoms with Crippen LogP contribution in [-0.4, -0.2) is 12.3 Å². The summed E-state index contributed by atoms with van der Waals surface area (Å²) in [7, 11) is 0. The molecule has 8 heavy (non-hydrogen) atoms. The zero-order valence-corrected chi connectivity index (χ0v) is 5.85. The maximum Gasteiger partial charge on any atom is 0.116 e. The van der Waals surface area contributed by atoms with E-state index in [9.17, 15) is 0 Å². The molecule has 0 heterocycles. The van der Waals surface area contributed by atoms with Gasteiger partial charge < -0.3 is 10.5 Å². The molecule has 0 amide bonds. The summed E-state index contributed by atoms with van der Waals surface area (Å²) in [5.41, 5.74) is 5.29. The summed E-state index contributed by atoms with van der Waals surface area (Å²) in [5, 5.41) is 0. The first-order valence-corrected chi connectivity index (χ1v) is 2.84. The van der Waals surface area contributed by atoms with Crippen molar-refractivity contribution in [2.75, 3.05) is 0 Å². The first kappa shape index (κ1) is 10.6. The Balaban J connectivity index is 0. The molecule has 0 radical (unpaired) electrons. The second-order valence-electron chi connectivity index (χ2n) is 1.62. The summed E-state index contributed by atoms with van der Waals surface area (Å²) >= 11 is 0. The van der Waals surface area contributed by atoms with Crippen LogP contribution < -0.4 is 5.73 Å². The van der Waals surface area contributed by atoms with Crippen LogP contribution in [0.1, 0.15) is 27.2 Å². The minimum Gasteiger partial charge on any atom is -0.328 e. The number of rotatable bonds is 1. The van der Waals surface area contributed by atoms with Crippen molar-refractivity contribution in [3.05, 3.63) is 0 Å². The van der Waals surface area contributed by atoms with Crippen molar-refractivity contribution >= 4 is 6.29 Å². The lowest BCUT2D eigenvalue weighted by molar-refractivity contribution is -0.106. The van der Waals surface area contributed by atoms with Gasteiger partial charge in [-0.1, -0.05) is 6.92 Å². The Morgan fingerprint density at radius 1 is 1.75 bits per heavy atom. The summed E-state index contributed by atoms with van der Waals surface area (Å²) in [6, 6.07) is 0.384. The molecule has 0 aliphatic rings. The molecule has 0 aliphatic carbocycles. The van der Waals surface area contributed by atoms with Crippen LogP contribution in [0.3, 0.4) is 0 Å². The van der Waals surface area contributed by atoms with E-state index >= 15 is 0 Å². The molecule has 0 saturated carbocycles. The average molecular weight is 117 g/mol. The predicted molar refractivity (Wildman–Crippen MR) is 35.7 cm³/mol. The van der Waals surface area contributed by atoms with Gasteiger partial charge in [0.25, 0.3) is 0 Å². The average Bonchev–Trinajstić information content (AvgIpc) is 1.69. The molecule has 50 valence electrons. The Bertz CT molecular complexity index is 43.8. The normalized spacial score (nSPS) is 11.0. The molecular weight excluding hydrogens is 102 g/mol. The standard InChI is InChI=1S/C4H11N.C2H4O/c1-3-4(2)5;1-2-3/h4H,3,5H2,1-2H3;2H,1H3. The van der Waals surface area contributed by atoms with Gasteiger partial charge in [-0.2, -0.15) is 0 Å². The molecule has 0 aromatic carbocycles. The van der Waals surface area contributed by atoms with Gasteiger partial charge in [0.1, 0.15) is 6.29 Å². The first-order valence-electron chi connectivity index (χ1n) is 2.84. The van der Waals surface area contributed by atoms with E-state index in [-0.39, 0.29) is 0 Å². The molecule has 1 atom stereocenters. The quantitative estimate of drug-likeness (QED) is 0.519. The summed E-state index contributed by atoms with van der Waals surface area (Å²) in [5.74, 6) is 0. The molecular formula is C6H15NO. The van der Waals surface area contributed by atoms with E-state index in [2.05, 4.69) is 6.92 Å². The Morgan fingerprint density at radius 3 is 1.88 bits per heavy atom. The molecule has 2 heteroatoms. The molecule has 0 rings (SSSR count). The number of hydrogen-bond acceptors (Lipinski definition) is 2. The van der Waals surface area contributed by atoms with Crippen LogP contribution >= 0.6 is 0 Å². The lowest BCUT2D eigenvalue weighted by Crippen LogP contribution is -2.11. The third kappa shape index (κ3) is 45.4. The molecule has 0 spiro atoms. The van der Waals surface area contributed by atoms with Crippen molar-refractivity contribution in [2.24, 2.45) is 5.73 Å². The molecule has 2 nitrogen and oxygen atoms in total. The lowest BCUT2D eigenvalue weighted by Gasteiger charge is -1.91. The fourth-order valence-electron chi connectivity index (χ4n) is 0. The van der Waals surface area contributed by atoms with E-state index in [1.807, 2.05) is 6.92 Å². The fourth-order valence-corrected chi connectivity index (χ4v) is 0. The Hall–Kier alpha value is -0.370. The van der Waals surface area contributed by atoms with Gasteiger partial charge in [0, 0.05) is 6.04 Å². The van der Waals surface area contributed by atoms with E-state index in [0.717, 1.165) is 12.7 Å².